The number of hydrogen-bond donors (Lipinski definition) is 2. The zero-order chi connectivity index (χ0) is 18.4. The maximum Gasteiger partial charge on any atom is 0.329 e. The summed E-state index contributed by atoms with van der Waals surface area (Å²) in [7, 11) is 1.56. The van der Waals surface area contributed by atoms with Gasteiger partial charge < -0.3 is 10.1 Å². The highest BCUT2D eigenvalue weighted by Gasteiger charge is 2.14. The van der Waals surface area contributed by atoms with Crippen molar-refractivity contribution in [1.82, 2.24) is 5.43 Å². The lowest BCUT2D eigenvalue weighted by molar-refractivity contribution is -0.136. The van der Waals surface area contributed by atoms with Crippen LogP contribution in [0.25, 0.3) is 0 Å². The molecule has 0 aliphatic rings. The molecule has 0 saturated carbocycles. The number of carbonyl (C=O) groups excluding carboxylic acids is 2. The number of hydrazone groups is 1. The molecule has 2 amide bonds. The first-order chi connectivity index (χ1) is 11.9. The second-order valence-electron chi connectivity index (χ2n) is 4.68. The summed E-state index contributed by atoms with van der Waals surface area (Å²) in [6.07, 6.45) is 1.39. The summed E-state index contributed by atoms with van der Waals surface area (Å²) in [5.41, 5.74) is 3.07. The predicted octanol–water partition coefficient (Wildman–Crippen LogP) is 3.74. The van der Waals surface area contributed by atoms with Crippen LogP contribution in [-0.2, 0) is 9.59 Å². The number of ether oxygens (including phenoxy) is 1. The van der Waals surface area contributed by atoms with E-state index < -0.39 is 11.8 Å². The second-order valence-corrected chi connectivity index (χ2v) is 5.87. The van der Waals surface area contributed by atoms with Crippen molar-refractivity contribution in [3.05, 3.63) is 57.0 Å². The number of nitrogens with zero attached hydrogens (tertiary/aromatic N) is 1. The summed E-state index contributed by atoms with van der Waals surface area (Å²) in [6, 6.07) is 9.72. The molecule has 9 heteroatoms. The molecule has 0 radical (unpaired) electrons. The summed E-state index contributed by atoms with van der Waals surface area (Å²) >= 11 is 17.5. The van der Waals surface area contributed by atoms with E-state index in [1.54, 1.807) is 31.4 Å². The lowest BCUT2D eigenvalue weighted by atomic mass is 10.2. The number of hydrogen-bond acceptors (Lipinski definition) is 4. The maximum absolute atomic E-state index is 11.8. The molecule has 2 rings (SSSR count). The van der Waals surface area contributed by atoms with Crippen molar-refractivity contribution >= 4 is 58.5 Å². The van der Waals surface area contributed by atoms with Gasteiger partial charge in [-0.25, -0.2) is 5.43 Å². The van der Waals surface area contributed by atoms with E-state index in [-0.39, 0.29) is 20.8 Å². The molecule has 6 nitrogen and oxygen atoms in total. The van der Waals surface area contributed by atoms with Crippen LogP contribution in [0.15, 0.2) is 41.5 Å². The van der Waals surface area contributed by atoms with Gasteiger partial charge in [0.15, 0.2) is 0 Å². The highest BCUT2D eigenvalue weighted by atomic mass is 35.5. The van der Waals surface area contributed by atoms with Crippen molar-refractivity contribution in [3.63, 3.8) is 0 Å². The molecule has 2 aromatic rings. The van der Waals surface area contributed by atoms with E-state index in [2.05, 4.69) is 15.8 Å². The van der Waals surface area contributed by atoms with Crippen LogP contribution in [0.5, 0.6) is 5.75 Å². The van der Waals surface area contributed by atoms with Crippen LogP contribution in [0.3, 0.4) is 0 Å². The molecule has 0 bridgehead atoms. The fourth-order valence-corrected chi connectivity index (χ4v) is 2.32. The van der Waals surface area contributed by atoms with E-state index in [4.69, 9.17) is 39.5 Å². The lowest BCUT2D eigenvalue weighted by Gasteiger charge is -2.06. The monoisotopic (exact) mass is 399 g/mol. The molecular weight excluding hydrogens is 389 g/mol. The average molecular weight is 401 g/mol. The summed E-state index contributed by atoms with van der Waals surface area (Å²) in [5.74, 6) is -1.19. The van der Waals surface area contributed by atoms with Crippen molar-refractivity contribution in [2.45, 2.75) is 0 Å². The maximum atomic E-state index is 11.8. The topological polar surface area (TPSA) is 79.8 Å². The normalized spacial score (nSPS) is 10.6. The van der Waals surface area contributed by atoms with Gasteiger partial charge in [-0.3, -0.25) is 9.59 Å². The van der Waals surface area contributed by atoms with Gasteiger partial charge in [-0.15, -0.1) is 0 Å². The van der Waals surface area contributed by atoms with Crippen molar-refractivity contribution in [2.24, 2.45) is 5.10 Å². The molecule has 0 spiro atoms. The molecule has 0 unspecified atom stereocenters. The smallest absolute Gasteiger partial charge is 0.329 e. The third-order valence-corrected chi connectivity index (χ3v) is 4.14. The summed E-state index contributed by atoms with van der Waals surface area (Å²) in [6.45, 7) is 0. The van der Waals surface area contributed by atoms with Crippen molar-refractivity contribution < 1.29 is 14.3 Å². The van der Waals surface area contributed by atoms with Crippen LogP contribution in [0.1, 0.15) is 5.56 Å². The molecule has 2 N–H and O–H groups in total. The van der Waals surface area contributed by atoms with Crippen molar-refractivity contribution in [3.8, 4) is 5.75 Å². The summed E-state index contributed by atoms with van der Waals surface area (Å²) < 4.78 is 5.03. The van der Waals surface area contributed by atoms with Crippen LogP contribution >= 0.6 is 34.8 Å². The summed E-state index contributed by atoms with van der Waals surface area (Å²) in [5, 5.41) is 6.53. The molecule has 0 saturated heterocycles. The van der Waals surface area contributed by atoms with E-state index in [0.717, 1.165) is 5.56 Å². The standard InChI is InChI=1S/C16H12Cl3N3O3/c1-25-11-4-2-9(3-5-11)8-20-22-16(24)15(23)21-10-6-12(17)14(19)13(18)7-10/h2-8H,1H3,(H,21,23)(H,22,24)/b20-8-. The molecule has 25 heavy (non-hydrogen) atoms. The largest absolute Gasteiger partial charge is 0.497 e. The van der Waals surface area contributed by atoms with Gasteiger partial charge in [0.05, 0.1) is 28.4 Å². The number of amides is 2. The second kappa shape index (κ2) is 8.71. The Kier molecular flexibility index (Phi) is 6.64. The molecular formula is C16H12Cl3N3O3. The molecule has 0 aliphatic heterocycles. The summed E-state index contributed by atoms with van der Waals surface area (Å²) in [4.78, 5) is 23.5. The Bertz CT molecular complexity index is 800. The number of carbonyl (C=O) groups is 2. The van der Waals surface area contributed by atoms with Crippen molar-refractivity contribution in [1.29, 1.82) is 0 Å². The Labute approximate surface area is 158 Å². The van der Waals surface area contributed by atoms with Gasteiger partial charge in [0.1, 0.15) is 5.75 Å². The Morgan fingerprint density at radius 3 is 2.20 bits per heavy atom. The quantitative estimate of drug-likeness (QED) is 0.355. The zero-order valence-electron chi connectivity index (χ0n) is 12.8. The van der Waals surface area contributed by atoms with Crippen LogP contribution < -0.4 is 15.5 Å². The van der Waals surface area contributed by atoms with Gasteiger partial charge in [-0.1, -0.05) is 34.8 Å². The third kappa shape index (κ3) is 5.35. The third-order valence-electron chi connectivity index (χ3n) is 2.94. The Morgan fingerprint density at radius 1 is 1.04 bits per heavy atom. The molecule has 130 valence electrons. The molecule has 0 heterocycles. The minimum atomic E-state index is -0.952. The van der Waals surface area contributed by atoms with Gasteiger partial charge >= 0.3 is 11.8 Å². The first-order valence-corrected chi connectivity index (χ1v) is 7.97. The van der Waals surface area contributed by atoms with Gasteiger partial charge in [0, 0.05) is 5.69 Å². The minimum Gasteiger partial charge on any atom is -0.497 e. The van der Waals surface area contributed by atoms with Crippen LogP contribution in [0, 0.1) is 0 Å². The fourth-order valence-electron chi connectivity index (χ4n) is 1.72. The Hall–Kier alpha value is -2.28. The van der Waals surface area contributed by atoms with E-state index in [1.807, 2.05) is 0 Å². The lowest BCUT2D eigenvalue weighted by Crippen LogP contribution is -2.32. The molecule has 2 aromatic carbocycles. The molecule has 0 aromatic heterocycles. The van der Waals surface area contributed by atoms with E-state index in [0.29, 0.717) is 5.75 Å². The first kappa shape index (κ1) is 19.1. The van der Waals surface area contributed by atoms with Crippen LogP contribution in [0.2, 0.25) is 15.1 Å². The van der Waals surface area contributed by atoms with Gasteiger partial charge in [-0.2, -0.15) is 5.10 Å². The zero-order valence-corrected chi connectivity index (χ0v) is 15.1. The number of nitrogens with one attached hydrogen (secondary N) is 2. The van der Waals surface area contributed by atoms with E-state index >= 15 is 0 Å². The molecule has 0 fully saturated rings. The van der Waals surface area contributed by atoms with Gasteiger partial charge in [0.25, 0.3) is 0 Å². The number of rotatable bonds is 4. The number of methoxy groups -OCH3 is 1. The number of benzene rings is 2. The van der Waals surface area contributed by atoms with Gasteiger partial charge in [-0.05, 0) is 42.0 Å². The van der Waals surface area contributed by atoms with Crippen molar-refractivity contribution in [2.75, 3.05) is 12.4 Å². The van der Waals surface area contributed by atoms with Crippen LogP contribution in [0.4, 0.5) is 5.69 Å². The van der Waals surface area contributed by atoms with Crippen LogP contribution in [-0.4, -0.2) is 25.1 Å². The highest BCUT2D eigenvalue weighted by Crippen LogP contribution is 2.33. The Balaban J connectivity index is 1.93. The van der Waals surface area contributed by atoms with Gasteiger partial charge in [0.2, 0.25) is 0 Å². The number of anilines is 1. The highest BCUT2D eigenvalue weighted by molar-refractivity contribution is 6.48. The molecule has 0 aliphatic carbocycles. The SMILES string of the molecule is COc1ccc(/C=N\NC(=O)C(=O)Nc2cc(Cl)c(Cl)c(Cl)c2)cc1. The number of halogens is 3. The van der Waals surface area contributed by atoms with E-state index in [1.165, 1.54) is 18.3 Å². The molecule has 0 atom stereocenters. The Morgan fingerprint density at radius 2 is 1.64 bits per heavy atom. The van der Waals surface area contributed by atoms with E-state index in [9.17, 15) is 9.59 Å². The minimum absolute atomic E-state index is 0.155. The average Bonchev–Trinajstić information content (AvgIpc) is 2.60. The first-order valence-electron chi connectivity index (χ1n) is 6.83. The fraction of sp³-hybridized carbons (Fsp3) is 0.0625. The predicted molar refractivity (Wildman–Crippen MR) is 98.8 cm³/mol.